The van der Waals surface area contributed by atoms with E-state index in [1.54, 1.807) is 7.11 Å². The van der Waals surface area contributed by atoms with Gasteiger partial charge in [0.2, 0.25) is 11.1 Å². The molecule has 1 amide bonds. The molecule has 3 rings (SSSR count). The van der Waals surface area contributed by atoms with Crippen molar-refractivity contribution in [1.82, 2.24) is 14.9 Å². The predicted octanol–water partition coefficient (Wildman–Crippen LogP) is 3.02. The second-order valence-corrected chi connectivity index (χ2v) is 6.97. The maximum Gasteiger partial charge on any atom is 0.234 e. The minimum absolute atomic E-state index is 0.129. The Morgan fingerprint density at radius 2 is 2.00 bits per heavy atom. The molecule has 140 valence electrons. The Kier molecular flexibility index (Phi) is 5.66. The van der Waals surface area contributed by atoms with Gasteiger partial charge in [-0.2, -0.15) is 0 Å². The van der Waals surface area contributed by atoms with E-state index in [4.69, 9.17) is 10.6 Å². The number of hydrogen-bond acceptors (Lipinski definition) is 6. The number of aromatic nitrogens is 3. The summed E-state index contributed by atoms with van der Waals surface area (Å²) in [7, 11) is 1.59. The summed E-state index contributed by atoms with van der Waals surface area (Å²) in [5, 5.41) is 11.6. The number of rotatable bonds is 6. The van der Waals surface area contributed by atoms with Gasteiger partial charge in [0, 0.05) is 5.69 Å². The highest BCUT2D eigenvalue weighted by molar-refractivity contribution is 7.99. The molecule has 0 spiro atoms. The lowest BCUT2D eigenvalue weighted by Gasteiger charge is -2.09. The molecule has 27 heavy (non-hydrogen) atoms. The SMILES string of the molecule is COc1ccccc1-c1nnc(SCC(=O)Nc2cc(C)ccc2C)n1N. The van der Waals surface area contributed by atoms with Crippen molar-refractivity contribution in [3.8, 4) is 17.1 Å². The third-order valence-corrected chi connectivity index (χ3v) is 4.96. The lowest BCUT2D eigenvalue weighted by molar-refractivity contribution is -0.113. The van der Waals surface area contributed by atoms with Crippen LogP contribution in [-0.4, -0.2) is 33.6 Å². The number of nitrogens with one attached hydrogen (secondary N) is 1. The molecule has 0 aliphatic rings. The van der Waals surface area contributed by atoms with Crippen LogP contribution in [0.2, 0.25) is 0 Å². The molecule has 3 N–H and O–H groups in total. The number of nitrogens with zero attached hydrogens (tertiary/aromatic N) is 3. The predicted molar refractivity (Wildman–Crippen MR) is 107 cm³/mol. The lowest BCUT2D eigenvalue weighted by atomic mass is 10.1. The number of benzene rings is 2. The van der Waals surface area contributed by atoms with Crippen molar-refractivity contribution in [1.29, 1.82) is 0 Å². The maximum absolute atomic E-state index is 12.3. The molecule has 0 aliphatic heterocycles. The van der Waals surface area contributed by atoms with E-state index < -0.39 is 0 Å². The first-order valence-electron chi connectivity index (χ1n) is 8.33. The molecule has 0 bridgehead atoms. The Hall–Kier alpha value is -3.00. The average Bonchev–Trinajstić information content (AvgIpc) is 3.03. The number of nitrogen functional groups attached to an aromatic ring is 1. The Bertz CT molecular complexity index is 970. The first-order valence-corrected chi connectivity index (χ1v) is 9.32. The first-order chi connectivity index (χ1) is 13.0. The number of carbonyl (C=O) groups is 1. The van der Waals surface area contributed by atoms with Gasteiger partial charge in [0.25, 0.3) is 0 Å². The number of thioether (sulfide) groups is 1. The highest BCUT2D eigenvalue weighted by Crippen LogP contribution is 2.29. The third kappa shape index (κ3) is 4.22. The van der Waals surface area contributed by atoms with E-state index in [0.29, 0.717) is 16.7 Å². The third-order valence-electron chi connectivity index (χ3n) is 4.01. The highest BCUT2D eigenvalue weighted by atomic mass is 32.2. The molecule has 2 aromatic carbocycles. The summed E-state index contributed by atoms with van der Waals surface area (Å²) in [6.45, 7) is 3.94. The van der Waals surface area contributed by atoms with Gasteiger partial charge in [-0.3, -0.25) is 4.79 Å². The molecule has 0 fully saturated rings. The summed E-state index contributed by atoms with van der Waals surface area (Å²) < 4.78 is 6.71. The lowest BCUT2D eigenvalue weighted by Crippen LogP contribution is -2.17. The highest BCUT2D eigenvalue weighted by Gasteiger charge is 2.16. The van der Waals surface area contributed by atoms with Gasteiger partial charge in [-0.25, -0.2) is 4.68 Å². The van der Waals surface area contributed by atoms with Crippen molar-refractivity contribution >= 4 is 23.4 Å². The second-order valence-electron chi connectivity index (χ2n) is 6.03. The van der Waals surface area contributed by atoms with Crippen LogP contribution in [0.15, 0.2) is 47.6 Å². The number of methoxy groups -OCH3 is 1. The molecule has 0 atom stereocenters. The minimum Gasteiger partial charge on any atom is -0.496 e. The second kappa shape index (κ2) is 8.13. The molecule has 0 unspecified atom stereocenters. The summed E-state index contributed by atoms with van der Waals surface area (Å²) in [4.78, 5) is 12.3. The van der Waals surface area contributed by atoms with E-state index in [1.165, 1.54) is 16.4 Å². The van der Waals surface area contributed by atoms with Crippen LogP contribution < -0.4 is 15.9 Å². The van der Waals surface area contributed by atoms with E-state index in [2.05, 4.69) is 15.5 Å². The molecule has 0 saturated carbocycles. The molecule has 0 aliphatic carbocycles. The molecule has 3 aromatic rings. The van der Waals surface area contributed by atoms with E-state index in [-0.39, 0.29) is 11.7 Å². The van der Waals surface area contributed by atoms with Crippen LogP contribution in [0.5, 0.6) is 5.75 Å². The van der Waals surface area contributed by atoms with E-state index in [0.717, 1.165) is 22.4 Å². The van der Waals surface area contributed by atoms with E-state index in [1.807, 2.05) is 56.3 Å². The quantitative estimate of drug-likeness (QED) is 0.502. The minimum atomic E-state index is -0.129. The molecule has 1 heterocycles. The molecule has 0 saturated heterocycles. The molecule has 0 radical (unpaired) electrons. The van der Waals surface area contributed by atoms with Crippen molar-refractivity contribution in [3.05, 3.63) is 53.6 Å². The number of amides is 1. The largest absolute Gasteiger partial charge is 0.496 e. The fourth-order valence-electron chi connectivity index (χ4n) is 2.58. The summed E-state index contributed by atoms with van der Waals surface area (Å²) >= 11 is 1.22. The van der Waals surface area contributed by atoms with Gasteiger partial charge in [-0.05, 0) is 43.2 Å². The monoisotopic (exact) mass is 383 g/mol. The van der Waals surface area contributed by atoms with Gasteiger partial charge in [-0.1, -0.05) is 36.0 Å². The molecule has 7 nitrogen and oxygen atoms in total. The van der Waals surface area contributed by atoms with E-state index >= 15 is 0 Å². The number of anilines is 1. The standard InChI is InChI=1S/C19H21N5O2S/c1-12-8-9-13(2)15(10-12)21-17(25)11-27-19-23-22-18(24(19)20)14-6-4-5-7-16(14)26-3/h4-10H,11,20H2,1-3H3,(H,21,25). The zero-order valence-corrected chi connectivity index (χ0v) is 16.2. The number of nitrogens with two attached hydrogens (primary N) is 1. The van der Waals surface area contributed by atoms with Crippen LogP contribution in [0.1, 0.15) is 11.1 Å². The van der Waals surface area contributed by atoms with Gasteiger partial charge >= 0.3 is 0 Å². The normalized spacial score (nSPS) is 10.6. The summed E-state index contributed by atoms with van der Waals surface area (Å²) in [6, 6.07) is 13.4. The first kappa shape index (κ1) is 18.8. The Balaban J connectivity index is 1.69. The molecular weight excluding hydrogens is 362 g/mol. The van der Waals surface area contributed by atoms with Crippen molar-refractivity contribution in [2.75, 3.05) is 24.0 Å². The Morgan fingerprint density at radius 3 is 2.78 bits per heavy atom. The van der Waals surface area contributed by atoms with Gasteiger partial charge in [0.15, 0.2) is 5.82 Å². The number of hydrogen-bond donors (Lipinski definition) is 2. The zero-order valence-electron chi connectivity index (χ0n) is 15.4. The van der Waals surface area contributed by atoms with Crippen LogP contribution in [0.3, 0.4) is 0 Å². The summed E-state index contributed by atoms with van der Waals surface area (Å²) in [5.74, 6) is 7.30. The Labute approximate surface area is 161 Å². The Morgan fingerprint density at radius 1 is 1.22 bits per heavy atom. The molecular formula is C19H21N5O2S. The fourth-order valence-corrected chi connectivity index (χ4v) is 3.23. The average molecular weight is 383 g/mol. The fraction of sp³-hybridized carbons (Fsp3) is 0.211. The van der Waals surface area contributed by atoms with Crippen LogP contribution in [0.4, 0.5) is 5.69 Å². The maximum atomic E-state index is 12.3. The topological polar surface area (TPSA) is 95.1 Å². The van der Waals surface area contributed by atoms with Gasteiger partial charge < -0.3 is 15.9 Å². The number of ether oxygens (including phenoxy) is 1. The van der Waals surface area contributed by atoms with Crippen LogP contribution in [0.25, 0.3) is 11.4 Å². The number of para-hydroxylation sites is 1. The van der Waals surface area contributed by atoms with E-state index in [9.17, 15) is 4.79 Å². The van der Waals surface area contributed by atoms with Crippen LogP contribution in [-0.2, 0) is 4.79 Å². The smallest absolute Gasteiger partial charge is 0.234 e. The van der Waals surface area contributed by atoms with Crippen LogP contribution >= 0.6 is 11.8 Å². The molecule has 1 aromatic heterocycles. The summed E-state index contributed by atoms with van der Waals surface area (Å²) in [6.07, 6.45) is 0. The number of aryl methyl sites for hydroxylation is 2. The van der Waals surface area contributed by atoms with Crippen molar-refractivity contribution in [3.63, 3.8) is 0 Å². The number of carbonyl (C=O) groups excluding carboxylic acids is 1. The van der Waals surface area contributed by atoms with Gasteiger partial charge in [0.1, 0.15) is 5.75 Å². The van der Waals surface area contributed by atoms with Crippen molar-refractivity contribution in [2.24, 2.45) is 0 Å². The molecule has 8 heteroatoms. The van der Waals surface area contributed by atoms with Gasteiger partial charge in [0.05, 0.1) is 18.4 Å². The van der Waals surface area contributed by atoms with Gasteiger partial charge in [-0.15, -0.1) is 10.2 Å². The van der Waals surface area contributed by atoms with Crippen molar-refractivity contribution in [2.45, 2.75) is 19.0 Å². The van der Waals surface area contributed by atoms with Crippen LogP contribution in [0, 0.1) is 13.8 Å². The van der Waals surface area contributed by atoms with Crippen molar-refractivity contribution < 1.29 is 9.53 Å². The zero-order chi connectivity index (χ0) is 19.4. The summed E-state index contributed by atoms with van der Waals surface area (Å²) in [5.41, 5.74) is 3.65.